The van der Waals surface area contributed by atoms with E-state index in [1.54, 1.807) is 36.4 Å². The molecular weight excluding hydrogens is 590 g/mol. The molecule has 2 atom stereocenters. The Kier molecular flexibility index (Phi) is 8.15. The van der Waals surface area contributed by atoms with E-state index in [2.05, 4.69) is 9.97 Å². The maximum Gasteiger partial charge on any atom is 0.393 e. The SMILES string of the molecule is O=C(O)C(Cc1c[nH]c2ccccc12)NC(=O)C(F)(F)C(F)(F)C(F)(F)C(=O)NC(Cc1c[nH]c2ccccc12)C(=O)O. The zero-order valence-corrected chi connectivity index (χ0v) is 21.6. The van der Waals surface area contributed by atoms with Gasteiger partial charge in [0.1, 0.15) is 12.1 Å². The molecule has 0 saturated carbocycles. The normalized spacial score (nSPS) is 13.9. The molecule has 0 fully saturated rings. The molecule has 10 nitrogen and oxygen atoms in total. The summed E-state index contributed by atoms with van der Waals surface area (Å²) in [7, 11) is 0. The molecule has 0 saturated heterocycles. The van der Waals surface area contributed by atoms with Crippen LogP contribution in [0.5, 0.6) is 0 Å². The first-order valence-electron chi connectivity index (χ1n) is 12.4. The van der Waals surface area contributed by atoms with Gasteiger partial charge in [-0.15, -0.1) is 0 Å². The summed E-state index contributed by atoms with van der Waals surface area (Å²) in [6.07, 6.45) is 1.18. The first-order valence-corrected chi connectivity index (χ1v) is 12.4. The molecule has 2 amide bonds. The van der Waals surface area contributed by atoms with E-state index in [1.165, 1.54) is 24.5 Å². The van der Waals surface area contributed by atoms with Crippen LogP contribution < -0.4 is 10.6 Å². The minimum Gasteiger partial charge on any atom is -0.480 e. The summed E-state index contributed by atoms with van der Waals surface area (Å²) in [6, 6.07) is 8.06. The van der Waals surface area contributed by atoms with Gasteiger partial charge >= 0.3 is 29.7 Å². The molecule has 4 aromatic rings. The molecule has 2 heterocycles. The van der Waals surface area contributed by atoms with Gasteiger partial charge in [0.05, 0.1) is 0 Å². The van der Waals surface area contributed by atoms with E-state index < -0.39 is 66.4 Å². The Balaban J connectivity index is 1.51. The number of carbonyl (C=O) groups is 4. The second-order valence-corrected chi connectivity index (χ2v) is 9.58. The number of para-hydroxylation sites is 2. The van der Waals surface area contributed by atoms with Crippen LogP contribution in [-0.4, -0.2) is 73.8 Å². The van der Waals surface area contributed by atoms with Crippen molar-refractivity contribution >= 4 is 45.6 Å². The molecule has 16 heteroatoms. The van der Waals surface area contributed by atoms with Crippen LogP contribution in [0.1, 0.15) is 11.1 Å². The predicted octanol–water partition coefficient (Wildman–Crippen LogP) is 3.48. The molecule has 6 N–H and O–H groups in total. The van der Waals surface area contributed by atoms with Crippen LogP contribution in [0.4, 0.5) is 26.3 Å². The van der Waals surface area contributed by atoms with Crippen molar-refractivity contribution in [3.63, 3.8) is 0 Å². The van der Waals surface area contributed by atoms with Gasteiger partial charge in [0.15, 0.2) is 0 Å². The van der Waals surface area contributed by atoms with Crippen molar-refractivity contribution in [1.82, 2.24) is 20.6 Å². The number of nitrogens with one attached hydrogen (secondary N) is 4. The Hall–Kier alpha value is -5.02. The lowest BCUT2D eigenvalue weighted by atomic mass is 10.00. The van der Waals surface area contributed by atoms with Crippen LogP contribution in [0.15, 0.2) is 60.9 Å². The third-order valence-corrected chi connectivity index (χ3v) is 6.76. The predicted molar refractivity (Wildman–Crippen MR) is 138 cm³/mol. The summed E-state index contributed by atoms with van der Waals surface area (Å²) < 4.78 is 87.8. The lowest BCUT2D eigenvalue weighted by Crippen LogP contribution is -2.67. The molecule has 0 radical (unpaired) electrons. The van der Waals surface area contributed by atoms with Crippen molar-refractivity contribution < 1.29 is 55.7 Å². The number of carboxylic acid groups (broad SMARTS) is 2. The molecule has 228 valence electrons. The minimum atomic E-state index is -6.72. The maximum atomic E-state index is 14.6. The number of amides is 2. The Morgan fingerprint density at radius 2 is 1.00 bits per heavy atom. The van der Waals surface area contributed by atoms with Gasteiger partial charge in [-0.1, -0.05) is 36.4 Å². The first kappa shape index (κ1) is 30.9. The van der Waals surface area contributed by atoms with Crippen molar-refractivity contribution in [2.75, 3.05) is 0 Å². The monoisotopic (exact) mass is 612 g/mol. The van der Waals surface area contributed by atoms with Gasteiger partial charge in [-0.3, -0.25) is 9.59 Å². The van der Waals surface area contributed by atoms with Gasteiger partial charge in [0, 0.05) is 47.0 Å². The quantitative estimate of drug-likeness (QED) is 0.134. The van der Waals surface area contributed by atoms with Gasteiger partial charge in [0.25, 0.3) is 11.8 Å². The highest BCUT2D eigenvalue weighted by atomic mass is 19.3. The lowest BCUT2D eigenvalue weighted by Gasteiger charge is -2.32. The summed E-state index contributed by atoms with van der Waals surface area (Å²) in [4.78, 5) is 53.2. The number of hydrogen-bond donors (Lipinski definition) is 6. The van der Waals surface area contributed by atoms with Crippen molar-refractivity contribution in [3.8, 4) is 0 Å². The Bertz CT molecular complexity index is 1580. The molecule has 0 spiro atoms. The molecule has 0 aliphatic carbocycles. The maximum absolute atomic E-state index is 14.6. The summed E-state index contributed by atoms with van der Waals surface area (Å²) in [5.74, 6) is -29.4. The van der Waals surface area contributed by atoms with Crippen LogP contribution in [0.2, 0.25) is 0 Å². The van der Waals surface area contributed by atoms with Crippen molar-refractivity contribution in [1.29, 1.82) is 0 Å². The second-order valence-electron chi connectivity index (χ2n) is 9.58. The Morgan fingerprint density at radius 1 is 0.651 bits per heavy atom. The Labute approximate surface area is 237 Å². The highest BCUT2D eigenvalue weighted by molar-refractivity contribution is 5.94. The molecule has 0 aliphatic heterocycles. The van der Waals surface area contributed by atoms with Crippen LogP contribution in [-0.2, 0) is 32.0 Å². The zero-order chi connectivity index (χ0) is 31.7. The van der Waals surface area contributed by atoms with Gasteiger partial charge in [-0.2, -0.15) is 26.3 Å². The van der Waals surface area contributed by atoms with Crippen LogP contribution in [0.25, 0.3) is 21.8 Å². The van der Waals surface area contributed by atoms with Crippen LogP contribution in [0, 0.1) is 0 Å². The molecule has 0 bridgehead atoms. The van der Waals surface area contributed by atoms with E-state index in [0.29, 0.717) is 21.8 Å². The van der Waals surface area contributed by atoms with Crippen molar-refractivity contribution in [2.24, 2.45) is 0 Å². The number of H-pyrrole nitrogens is 2. The van der Waals surface area contributed by atoms with Crippen LogP contribution in [0.3, 0.4) is 0 Å². The highest BCUT2D eigenvalue weighted by Gasteiger charge is 2.78. The fourth-order valence-electron chi connectivity index (χ4n) is 4.42. The molecule has 2 unspecified atom stereocenters. The molecule has 2 aromatic heterocycles. The molecule has 2 aromatic carbocycles. The van der Waals surface area contributed by atoms with Gasteiger partial charge < -0.3 is 30.8 Å². The summed E-state index contributed by atoms with van der Waals surface area (Å²) >= 11 is 0. The fourth-order valence-corrected chi connectivity index (χ4v) is 4.42. The van der Waals surface area contributed by atoms with E-state index in [-0.39, 0.29) is 11.1 Å². The van der Waals surface area contributed by atoms with Crippen molar-refractivity contribution in [2.45, 2.75) is 42.7 Å². The average Bonchev–Trinajstić information content (AvgIpc) is 3.55. The number of aromatic amines is 2. The largest absolute Gasteiger partial charge is 0.480 e. The zero-order valence-electron chi connectivity index (χ0n) is 21.6. The topological polar surface area (TPSA) is 164 Å². The number of benzene rings is 2. The number of aromatic nitrogens is 2. The van der Waals surface area contributed by atoms with E-state index in [4.69, 9.17) is 0 Å². The summed E-state index contributed by atoms with van der Waals surface area (Å²) in [6.45, 7) is 0. The third-order valence-electron chi connectivity index (χ3n) is 6.76. The van der Waals surface area contributed by atoms with E-state index in [1.807, 2.05) is 0 Å². The third kappa shape index (κ3) is 5.72. The number of rotatable bonds is 12. The Morgan fingerprint density at radius 3 is 1.35 bits per heavy atom. The molecule has 0 aliphatic rings. The smallest absolute Gasteiger partial charge is 0.393 e. The van der Waals surface area contributed by atoms with E-state index in [0.717, 1.165) is 10.6 Å². The van der Waals surface area contributed by atoms with Gasteiger partial charge in [-0.05, 0) is 23.3 Å². The number of halogens is 6. The fraction of sp³-hybridized carbons (Fsp3) is 0.259. The molecule has 43 heavy (non-hydrogen) atoms. The molecule has 4 rings (SSSR count). The number of carbonyl (C=O) groups excluding carboxylic acids is 2. The lowest BCUT2D eigenvalue weighted by molar-refractivity contribution is -0.287. The number of hydrogen-bond acceptors (Lipinski definition) is 4. The van der Waals surface area contributed by atoms with Crippen LogP contribution >= 0.6 is 0 Å². The standard InChI is InChI=1S/C27H22F6N4O6/c28-25(29,23(42)36-19(21(38)39)9-13-11-34-17-7-3-1-5-15(13)17)27(32,33)26(30,31)24(43)37-20(22(40)41)10-14-12-35-18-8-4-2-6-16(14)18/h1-8,11-12,19-20,34-35H,9-10H2,(H,36,42)(H,37,43)(H,38,39)(H,40,41). The van der Waals surface area contributed by atoms with Crippen molar-refractivity contribution in [3.05, 3.63) is 72.1 Å². The number of fused-ring (bicyclic) bond motifs is 2. The number of aliphatic carboxylic acids is 2. The van der Waals surface area contributed by atoms with Gasteiger partial charge in [-0.25, -0.2) is 9.59 Å². The number of alkyl halides is 6. The van der Waals surface area contributed by atoms with E-state index >= 15 is 0 Å². The number of carboxylic acids is 2. The highest BCUT2D eigenvalue weighted by Crippen LogP contribution is 2.46. The van der Waals surface area contributed by atoms with E-state index in [9.17, 15) is 55.7 Å². The summed E-state index contributed by atoms with van der Waals surface area (Å²) in [5.41, 5.74) is 1.36. The van der Waals surface area contributed by atoms with Gasteiger partial charge in [0.2, 0.25) is 0 Å². The second kappa shape index (κ2) is 11.3. The minimum absolute atomic E-state index is 0.179. The average molecular weight is 612 g/mol. The summed E-state index contributed by atoms with van der Waals surface area (Å²) in [5, 5.41) is 21.9. The first-order chi connectivity index (χ1) is 20.1. The molecular formula is C27H22F6N4O6.